The van der Waals surface area contributed by atoms with E-state index in [9.17, 15) is 4.79 Å². The Hall–Kier alpha value is -2.44. The standard InChI is InChI=1S/C29H26BrCl2N3O/c1-2-19-6-8-20(9-7-19)28-17-23(22-16-21(30)10-11-27(22)33-28)29(36)35-14-12-34(13-15-35)18-24-25(31)4-3-5-26(24)32/h3-11,16-17H,2,12-15,18H2,1H3. The lowest BCUT2D eigenvalue weighted by molar-refractivity contribution is 0.0630. The van der Waals surface area contributed by atoms with E-state index < -0.39 is 0 Å². The number of aryl methyl sites for hydroxylation is 1. The van der Waals surface area contributed by atoms with Crippen LogP contribution < -0.4 is 0 Å². The van der Waals surface area contributed by atoms with Crippen LogP contribution in [0.3, 0.4) is 0 Å². The normalized spacial score (nSPS) is 14.4. The van der Waals surface area contributed by atoms with Crippen LogP contribution in [0.2, 0.25) is 10.0 Å². The summed E-state index contributed by atoms with van der Waals surface area (Å²) < 4.78 is 0.923. The van der Waals surface area contributed by atoms with Crippen LogP contribution in [-0.4, -0.2) is 46.9 Å². The number of aromatic nitrogens is 1. The van der Waals surface area contributed by atoms with E-state index in [1.807, 2.05) is 47.4 Å². The Bertz CT molecular complexity index is 1400. The first kappa shape index (κ1) is 25.2. The number of amides is 1. The van der Waals surface area contributed by atoms with E-state index >= 15 is 0 Å². The minimum Gasteiger partial charge on any atom is -0.336 e. The summed E-state index contributed by atoms with van der Waals surface area (Å²) >= 11 is 16.3. The van der Waals surface area contributed by atoms with Crippen molar-refractivity contribution in [3.63, 3.8) is 0 Å². The first-order valence-corrected chi connectivity index (χ1v) is 13.6. The van der Waals surface area contributed by atoms with Gasteiger partial charge in [0.25, 0.3) is 5.91 Å². The Morgan fingerprint density at radius 1 is 0.944 bits per heavy atom. The second kappa shape index (κ2) is 10.9. The Labute approximate surface area is 230 Å². The van der Waals surface area contributed by atoms with Crippen molar-refractivity contribution in [2.45, 2.75) is 19.9 Å². The van der Waals surface area contributed by atoms with E-state index in [0.717, 1.165) is 51.7 Å². The Balaban J connectivity index is 1.40. The van der Waals surface area contributed by atoms with Crippen molar-refractivity contribution in [2.24, 2.45) is 0 Å². The van der Waals surface area contributed by atoms with Crippen LogP contribution in [0.25, 0.3) is 22.2 Å². The number of carbonyl (C=O) groups is 1. The molecule has 4 aromatic rings. The molecule has 0 bridgehead atoms. The van der Waals surface area contributed by atoms with Crippen LogP contribution >= 0.6 is 39.1 Å². The largest absolute Gasteiger partial charge is 0.336 e. The SMILES string of the molecule is CCc1ccc(-c2cc(C(=O)N3CCN(Cc4c(Cl)cccc4Cl)CC3)c3cc(Br)ccc3n2)cc1. The van der Waals surface area contributed by atoms with Crippen molar-refractivity contribution < 1.29 is 4.79 Å². The Kier molecular flexibility index (Phi) is 7.63. The molecule has 1 saturated heterocycles. The van der Waals surface area contributed by atoms with Gasteiger partial charge < -0.3 is 4.90 Å². The quantitative estimate of drug-likeness (QED) is 0.244. The maximum absolute atomic E-state index is 13.8. The van der Waals surface area contributed by atoms with Gasteiger partial charge in [-0.2, -0.15) is 0 Å². The van der Waals surface area contributed by atoms with E-state index in [0.29, 0.717) is 35.2 Å². The highest BCUT2D eigenvalue weighted by molar-refractivity contribution is 9.10. The second-order valence-corrected chi connectivity index (χ2v) is 10.8. The molecule has 1 aliphatic heterocycles. The van der Waals surface area contributed by atoms with Crippen molar-refractivity contribution in [3.8, 4) is 11.3 Å². The lowest BCUT2D eigenvalue weighted by atomic mass is 10.0. The minimum absolute atomic E-state index is 0.0300. The van der Waals surface area contributed by atoms with Gasteiger partial charge in [0, 0.05) is 63.8 Å². The van der Waals surface area contributed by atoms with Gasteiger partial charge >= 0.3 is 0 Å². The number of fused-ring (bicyclic) bond motifs is 1. The van der Waals surface area contributed by atoms with Gasteiger partial charge in [0.05, 0.1) is 16.8 Å². The van der Waals surface area contributed by atoms with Crippen LogP contribution in [0, 0.1) is 0 Å². The summed E-state index contributed by atoms with van der Waals surface area (Å²) in [5, 5.41) is 2.21. The van der Waals surface area contributed by atoms with Crippen LogP contribution in [0.4, 0.5) is 0 Å². The number of carbonyl (C=O) groups excluding carboxylic acids is 1. The molecule has 0 aliphatic carbocycles. The van der Waals surface area contributed by atoms with Crippen molar-refractivity contribution in [1.29, 1.82) is 0 Å². The van der Waals surface area contributed by atoms with E-state index in [1.165, 1.54) is 5.56 Å². The lowest BCUT2D eigenvalue weighted by Crippen LogP contribution is -2.48. The Morgan fingerprint density at radius 2 is 1.64 bits per heavy atom. The monoisotopic (exact) mass is 581 g/mol. The number of piperazine rings is 1. The maximum Gasteiger partial charge on any atom is 0.254 e. The molecule has 36 heavy (non-hydrogen) atoms. The molecule has 1 fully saturated rings. The smallest absolute Gasteiger partial charge is 0.254 e. The summed E-state index contributed by atoms with van der Waals surface area (Å²) in [6.07, 6.45) is 0.984. The summed E-state index contributed by atoms with van der Waals surface area (Å²) in [7, 11) is 0. The zero-order valence-corrected chi connectivity index (χ0v) is 23.1. The summed E-state index contributed by atoms with van der Waals surface area (Å²) in [6, 6.07) is 21.8. The molecule has 4 nitrogen and oxygen atoms in total. The van der Waals surface area contributed by atoms with Gasteiger partial charge in [0.1, 0.15) is 0 Å². The first-order valence-electron chi connectivity index (χ1n) is 12.1. The van der Waals surface area contributed by atoms with Crippen LogP contribution in [0.1, 0.15) is 28.4 Å². The van der Waals surface area contributed by atoms with Gasteiger partial charge in [-0.05, 0) is 48.4 Å². The number of rotatable bonds is 5. The fourth-order valence-electron chi connectivity index (χ4n) is 4.62. The third-order valence-electron chi connectivity index (χ3n) is 6.76. The number of benzene rings is 3. The molecule has 7 heteroatoms. The highest BCUT2D eigenvalue weighted by Crippen LogP contribution is 2.30. The first-order chi connectivity index (χ1) is 17.4. The average molecular weight is 583 g/mol. The number of hydrogen-bond donors (Lipinski definition) is 0. The maximum atomic E-state index is 13.8. The third-order valence-corrected chi connectivity index (χ3v) is 7.96. The zero-order chi connectivity index (χ0) is 25.2. The van der Waals surface area contributed by atoms with Crippen molar-refractivity contribution in [1.82, 2.24) is 14.8 Å². The number of hydrogen-bond acceptors (Lipinski definition) is 3. The van der Waals surface area contributed by atoms with Gasteiger partial charge in [0.2, 0.25) is 0 Å². The fourth-order valence-corrected chi connectivity index (χ4v) is 5.50. The summed E-state index contributed by atoms with van der Waals surface area (Å²) in [5.41, 5.74) is 5.51. The molecular weight excluding hydrogens is 557 g/mol. The molecule has 0 unspecified atom stereocenters. The van der Waals surface area contributed by atoms with E-state index in [-0.39, 0.29) is 5.91 Å². The molecular formula is C29H26BrCl2N3O. The predicted octanol–water partition coefficient (Wildman–Crippen LogP) is 7.49. The predicted molar refractivity (Wildman–Crippen MR) is 152 cm³/mol. The molecule has 3 aromatic carbocycles. The van der Waals surface area contributed by atoms with E-state index in [2.05, 4.69) is 52.0 Å². The molecule has 2 heterocycles. The van der Waals surface area contributed by atoms with Crippen LogP contribution in [-0.2, 0) is 13.0 Å². The highest BCUT2D eigenvalue weighted by Gasteiger charge is 2.25. The lowest BCUT2D eigenvalue weighted by Gasteiger charge is -2.35. The van der Waals surface area contributed by atoms with Crippen molar-refractivity contribution in [2.75, 3.05) is 26.2 Å². The van der Waals surface area contributed by atoms with E-state index in [1.54, 1.807) is 0 Å². The van der Waals surface area contributed by atoms with E-state index in [4.69, 9.17) is 28.2 Å². The summed E-state index contributed by atoms with van der Waals surface area (Å²) in [6.45, 7) is 5.60. The average Bonchev–Trinajstić information content (AvgIpc) is 2.90. The molecule has 184 valence electrons. The molecule has 0 saturated carbocycles. The molecule has 0 atom stereocenters. The van der Waals surface area contributed by atoms with Gasteiger partial charge in [-0.15, -0.1) is 0 Å². The van der Waals surface area contributed by atoms with Crippen LogP contribution in [0.5, 0.6) is 0 Å². The minimum atomic E-state index is 0.0300. The Morgan fingerprint density at radius 3 is 2.31 bits per heavy atom. The second-order valence-electron chi connectivity index (χ2n) is 9.04. The van der Waals surface area contributed by atoms with Gasteiger partial charge in [-0.3, -0.25) is 9.69 Å². The van der Waals surface area contributed by atoms with Crippen LogP contribution in [0.15, 0.2) is 71.2 Å². The molecule has 1 aliphatic rings. The molecule has 0 spiro atoms. The molecule has 1 amide bonds. The molecule has 5 rings (SSSR count). The molecule has 1 aromatic heterocycles. The number of halogens is 3. The highest BCUT2D eigenvalue weighted by atomic mass is 79.9. The summed E-state index contributed by atoms with van der Waals surface area (Å²) in [4.78, 5) is 22.9. The van der Waals surface area contributed by atoms with Gasteiger partial charge in [-0.25, -0.2) is 4.98 Å². The van der Waals surface area contributed by atoms with Crippen molar-refractivity contribution in [3.05, 3.63) is 97.9 Å². The van der Waals surface area contributed by atoms with Gasteiger partial charge in [0.15, 0.2) is 0 Å². The topological polar surface area (TPSA) is 36.4 Å². The summed E-state index contributed by atoms with van der Waals surface area (Å²) in [5.74, 6) is 0.0300. The zero-order valence-electron chi connectivity index (χ0n) is 20.0. The van der Waals surface area contributed by atoms with Crippen molar-refractivity contribution >= 4 is 55.9 Å². The number of pyridine rings is 1. The molecule has 0 radical (unpaired) electrons. The third kappa shape index (κ3) is 5.30. The van der Waals surface area contributed by atoms with Gasteiger partial charge in [-0.1, -0.05) is 76.4 Å². The number of nitrogens with zero attached hydrogens (tertiary/aromatic N) is 3. The fraction of sp³-hybridized carbons (Fsp3) is 0.241. The molecule has 0 N–H and O–H groups in total.